The molecule has 0 N–H and O–H groups in total. The molecule has 3 heterocycles. The van der Waals surface area contributed by atoms with Crippen molar-refractivity contribution in [3.8, 4) is 67.7 Å². The van der Waals surface area contributed by atoms with Crippen molar-refractivity contribution in [1.29, 1.82) is 0 Å². The maximum Gasteiger partial charge on any atom is 0.164 e. The number of hydrogen-bond acceptors (Lipinski definition) is 5. The Morgan fingerprint density at radius 1 is 0.311 bits per heavy atom. The molecule has 61 heavy (non-hydrogen) atoms. The van der Waals surface area contributed by atoms with Gasteiger partial charge >= 0.3 is 0 Å². The van der Waals surface area contributed by atoms with Gasteiger partial charge in [0.1, 0.15) is 0 Å². The monoisotopic (exact) mass is 794 g/mol. The summed E-state index contributed by atoms with van der Waals surface area (Å²) >= 11 is 1.84. The maximum atomic E-state index is 5.66. The number of nitrogens with zero attached hydrogens (tertiary/aromatic N) is 4. The van der Waals surface area contributed by atoms with E-state index in [0.717, 1.165) is 50.0 Å². The normalized spacial score (nSPS) is 11.6. The Hall–Kier alpha value is -7.86. The minimum atomic E-state index is 0.616. The summed E-state index contributed by atoms with van der Waals surface area (Å²) in [5.41, 5.74) is 10.4. The zero-order chi connectivity index (χ0) is 40.3. The highest BCUT2D eigenvalue weighted by atomic mass is 32.1. The summed E-state index contributed by atoms with van der Waals surface area (Å²) < 4.78 is 2.49. The molecule has 0 spiro atoms. The Balaban J connectivity index is 1.02. The Morgan fingerprint density at radius 3 is 1.49 bits per heavy atom. The molecule has 0 atom stereocenters. The van der Waals surface area contributed by atoms with Gasteiger partial charge in [-0.2, -0.15) is 0 Å². The first-order valence-electron chi connectivity index (χ1n) is 20.5. The van der Waals surface area contributed by atoms with Crippen molar-refractivity contribution in [2.75, 3.05) is 0 Å². The topological polar surface area (TPSA) is 51.6 Å². The second kappa shape index (κ2) is 14.5. The zero-order valence-electron chi connectivity index (χ0n) is 32.8. The van der Waals surface area contributed by atoms with Crippen molar-refractivity contribution in [2.24, 2.45) is 0 Å². The van der Waals surface area contributed by atoms with Gasteiger partial charge in [0.25, 0.3) is 0 Å². The van der Waals surface area contributed by atoms with Crippen LogP contribution in [0.4, 0.5) is 0 Å². The van der Waals surface area contributed by atoms with Gasteiger partial charge in [-0.05, 0) is 50.4 Å². The molecule has 5 heteroatoms. The molecule has 0 amide bonds. The van der Waals surface area contributed by atoms with Crippen LogP contribution < -0.4 is 0 Å². The van der Waals surface area contributed by atoms with Gasteiger partial charge in [-0.1, -0.05) is 194 Å². The zero-order valence-corrected chi connectivity index (χ0v) is 33.6. The van der Waals surface area contributed by atoms with E-state index in [1.54, 1.807) is 0 Å². The lowest BCUT2D eigenvalue weighted by Gasteiger charge is -2.15. The molecule has 0 aliphatic carbocycles. The van der Waals surface area contributed by atoms with Crippen LogP contribution in [-0.4, -0.2) is 19.9 Å². The minimum Gasteiger partial charge on any atom is -0.246 e. The summed E-state index contributed by atoms with van der Waals surface area (Å²) in [4.78, 5) is 20.8. The molecular formula is C56H34N4S. The summed E-state index contributed by atoms with van der Waals surface area (Å²) in [6.45, 7) is 0. The lowest BCUT2D eigenvalue weighted by molar-refractivity contribution is 1.07. The molecule has 9 aromatic carbocycles. The second-order valence-electron chi connectivity index (χ2n) is 15.3. The lowest BCUT2D eigenvalue weighted by atomic mass is 9.91. The van der Waals surface area contributed by atoms with Gasteiger partial charge < -0.3 is 0 Å². The van der Waals surface area contributed by atoms with Gasteiger partial charge in [0, 0.05) is 53.4 Å². The molecular weight excluding hydrogens is 761 g/mol. The van der Waals surface area contributed by atoms with E-state index < -0.39 is 0 Å². The van der Waals surface area contributed by atoms with E-state index in [1.807, 2.05) is 47.7 Å². The molecule has 0 saturated carbocycles. The number of para-hydroxylation sites is 1. The van der Waals surface area contributed by atoms with Gasteiger partial charge in [0.05, 0.1) is 11.2 Å². The number of fused-ring (bicyclic) bond motifs is 8. The Labute approximate surface area is 356 Å². The number of hydrogen-bond donors (Lipinski definition) is 0. The van der Waals surface area contributed by atoms with E-state index >= 15 is 0 Å². The van der Waals surface area contributed by atoms with Crippen molar-refractivity contribution in [3.63, 3.8) is 0 Å². The summed E-state index contributed by atoms with van der Waals surface area (Å²) in [5, 5.41) is 8.48. The number of benzene rings is 9. The first-order valence-corrected chi connectivity index (χ1v) is 21.3. The molecule has 4 nitrogen and oxygen atoms in total. The van der Waals surface area contributed by atoms with Crippen molar-refractivity contribution in [1.82, 2.24) is 19.9 Å². The summed E-state index contributed by atoms with van der Waals surface area (Å²) in [6, 6.07) is 72.6. The van der Waals surface area contributed by atoms with Crippen LogP contribution in [0.5, 0.6) is 0 Å². The summed E-state index contributed by atoms with van der Waals surface area (Å²) in [6.07, 6.45) is 0. The van der Waals surface area contributed by atoms with E-state index in [0.29, 0.717) is 17.5 Å². The van der Waals surface area contributed by atoms with Gasteiger partial charge in [0.2, 0.25) is 0 Å². The first kappa shape index (κ1) is 35.1. The van der Waals surface area contributed by atoms with Crippen molar-refractivity contribution in [3.05, 3.63) is 206 Å². The van der Waals surface area contributed by atoms with Crippen LogP contribution in [0.2, 0.25) is 0 Å². The maximum absolute atomic E-state index is 5.66. The number of rotatable bonds is 6. The fraction of sp³-hybridized carbons (Fsp3) is 0. The number of pyridine rings is 1. The van der Waals surface area contributed by atoms with Crippen LogP contribution in [-0.2, 0) is 0 Å². The largest absolute Gasteiger partial charge is 0.246 e. The van der Waals surface area contributed by atoms with E-state index in [-0.39, 0.29) is 0 Å². The highest BCUT2D eigenvalue weighted by Gasteiger charge is 2.20. The molecule has 0 aliphatic rings. The fourth-order valence-electron chi connectivity index (χ4n) is 8.76. The van der Waals surface area contributed by atoms with Gasteiger partial charge in [-0.3, -0.25) is 0 Å². The van der Waals surface area contributed by atoms with Crippen LogP contribution in [0.15, 0.2) is 206 Å². The predicted octanol–water partition coefficient (Wildman–Crippen LogP) is 15.1. The smallest absolute Gasteiger partial charge is 0.164 e. The molecule has 12 rings (SSSR count). The highest BCUT2D eigenvalue weighted by Crippen LogP contribution is 2.46. The fourth-order valence-corrected chi connectivity index (χ4v) is 9.99. The van der Waals surface area contributed by atoms with Crippen molar-refractivity contribution < 1.29 is 0 Å². The molecule has 0 radical (unpaired) electrons. The Morgan fingerprint density at radius 2 is 0.803 bits per heavy atom. The van der Waals surface area contributed by atoms with E-state index in [4.69, 9.17) is 19.9 Å². The van der Waals surface area contributed by atoms with Crippen LogP contribution in [0.3, 0.4) is 0 Å². The Bertz CT molecular complexity index is 3620. The number of thiophene rings is 1. The first-order chi connectivity index (χ1) is 30.2. The average molecular weight is 795 g/mol. The molecule has 3 aromatic heterocycles. The van der Waals surface area contributed by atoms with E-state index in [2.05, 4.69) is 170 Å². The molecule has 0 unspecified atom stereocenters. The molecule has 0 aliphatic heterocycles. The third kappa shape index (κ3) is 6.05. The van der Waals surface area contributed by atoms with E-state index in [1.165, 1.54) is 52.8 Å². The van der Waals surface area contributed by atoms with Crippen LogP contribution in [0, 0.1) is 0 Å². The molecule has 0 saturated heterocycles. The SMILES string of the molecule is c1ccc(-c2ccc(-c3nc(-c4ccccc4)nc(-c4ccc(-c5nc6c(-c7cc8ccccc8c8ccccc78)cccc6c6sc7ccccc7c56)cc4)n3)cc2)cc1. The van der Waals surface area contributed by atoms with Gasteiger partial charge in [-0.25, -0.2) is 19.9 Å². The molecule has 284 valence electrons. The molecule has 0 bridgehead atoms. The second-order valence-corrected chi connectivity index (χ2v) is 16.4. The lowest BCUT2D eigenvalue weighted by Crippen LogP contribution is -2.00. The highest BCUT2D eigenvalue weighted by molar-refractivity contribution is 7.26. The minimum absolute atomic E-state index is 0.616. The quantitative estimate of drug-likeness (QED) is 0.157. The summed E-state index contributed by atoms with van der Waals surface area (Å²) in [5.74, 6) is 1.88. The summed E-state index contributed by atoms with van der Waals surface area (Å²) in [7, 11) is 0. The van der Waals surface area contributed by atoms with Gasteiger partial charge in [-0.15, -0.1) is 11.3 Å². The molecule has 12 aromatic rings. The standard InChI is InChI=1S/C56H34N4S/c1-3-14-35(15-4-1)36-26-30-39(31-27-36)55-58-54(38-16-5-2-6-17-38)59-56(60-55)40-32-28-37(29-33-40)51-50-46-22-11-12-25-49(46)61-53(50)47-24-13-23-45(52(47)57-51)48-34-41-18-7-8-19-42(41)43-20-9-10-21-44(43)48/h1-34H. The average Bonchev–Trinajstić information content (AvgIpc) is 3.74. The van der Waals surface area contributed by atoms with E-state index in [9.17, 15) is 0 Å². The third-order valence-corrected chi connectivity index (χ3v) is 12.9. The van der Waals surface area contributed by atoms with Crippen LogP contribution in [0.25, 0.3) is 120 Å². The van der Waals surface area contributed by atoms with Crippen LogP contribution in [0.1, 0.15) is 0 Å². The predicted molar refractivity (Wildman–Crippen MR) is 256 cm³/mol. The van der Waals surface area contributed by atoms with Crippen molar-refractivity contribution >= 4 is 64.0 Å². The molecule has 0 fully saturated rings. The number of aromatic nitrogens is 4. The van der Waals surface area contributed by atoms with Crippen molar-refractivity contribution in [2.45, 2.75) is 0 Å². The van der Waals surface area contributed by atoms with Gasteiger partial charge in [0.15, 0.2) is 17.5 Å². The third-order valence-electron chi connectivity index (χ3n) is 11.7. The van der Waals surface area contributed by atoms with Crippen LogP contribution >= 0.6 is 11.3 Å². The Kier molecular flexibility index (Phi) is 8.32.